The van der Waals surface area contributed by atoms with Gasteiger partial charge in [0.2, 0.25) is 0 Å². The molecule has 3 nitrogen and oxygen atoms in total. The first-order valence-electron chi connectivity index (χ1n) is 7.46. The molecule has 0 aliphatic heterocycles. The standard InChI is InChI=1S/C17H25NO2/c1-17(2,3)20-16(19)18-15-10-9-14(12-15)11-13-7-5-4-6-8-13/h4-8,14-15H,9-12H2,1-3H3,(H,18,19)/t14-,15-/m1/s1. The molecule has 0 radical (unpaired) electrons. The van der Waals surface area contributed by atoms with Crippen LogP contribution in [0.4, 0.5) is 4.79 Å². The van der Waals surface area contributed by atoms with Crippen LogP contribution in [0.2, 0.25) is 0 Å². The summed E-state index contributed by atoms with van der Waals surface area (Å²) < 4.78 is 5.30. The number of hydrogen-bond donors (Lipinski definition) is 1. The molecule has 1 N–H and O–H groups in total. The molecular weight excluding hydrogens is 250 g/mol. The lowest BCUT2D eigenvalue weighted by Gasteiger charge is -2.21. The molecule has 1 aliphatic carbocycles. The fourth-order valence-corrected chi connectivity index (χ4v) is 2.81. The molecule has 0 spiro atoms. The Morgan fingerprint density at radius 1 is 1.25 bits per heavy atom. The van der Waals surface area contributed by atoms with Crippen LogP contribution in [0.1, 0.15) is 45.6 Å². The van der Waals surface area contributed by atoms with Gasteiger partial charge in [-0.15, -0.1) is 0 Å². The number of carbonyl (C=O) groups is 1. The second-order valence-electron chi connectivity index (χ2n) is 6.71. The van der Waals surface area contributed by atoms with E-state index in [0.717, 1.165) is 19.3 Å². The predicted molar refractivity (Wildman–Crippen MR) is 80.6 cm³/mol. The van der Waals surface area contributed by atoms with Gasteiger partial charge in [-0.3, -0.25) is 0 Å². The van der Waals surface area contributed by atoms with Gasteiger partial charge in [-0.25, -0.2) is 4.79 Å². The first-order valence-corrected chi connectivity index (χ1v) is 7.46. The monoisotopic (exact) mass is 275 g/mol. The summed E-state index contributed by atoms with van der Waals surface area (Å²) in [6, 6.07) is 10.8. The Hall–Kier alpha value is -1.51. The van der Waals surface area contributed by atoms with Crippen molar-refractivity contribution in [1.82, 2.24) is 5.32 Å². The maximum absolute atomic E-state index is 11.7. The highest BCUT2D eigenvalue weighted by Crippen LogP contribution is 2.28. The highest BCUT2D eigenvalue weighted by molar-refractivity contribution is 5.68. The Bertz CT molecular complexity index is 436. The number of carbonyl (C=O) groups excluding carboxylic acids is 1. The van der Waals surface area contributed by atoms with Gasteiger partial charge in [0.05, 0.1) is 0 Å². The number of rotatable bonds is 3. The fraction of sp³-hybridized carbons (Fsp3) is 0.588. The van der Waals surface area contributed by atoms with Crippen LogP contribution in [-0.4, -0.2) is 17.7 Å². The minimum absolute atomic E-state index is 0.263. The maximum Gasteiger partial charge on any atom is 0.407 e. The van der Waals surface area contributed by atoms with Crippen molar-refractivity contribution in [1.29, 1.82) is 0 Å². The Morgan fingerprint density at radius 2 is 1.95 bits per heavy atom. The van der Waals surface area contributed by atoms with E-state index in [9.17, 15) is 4.79 Å². The van der Waals surface area contributed by atoms with Crippen molar-refractivity contribution >= 4 is 6.09 Å². The molecule has 0 bridgehead atoms. The third-order valence-corrected chi connectivity index (χ3v) is 3.63. The largest absolute Gasteiger partial charge is 0.444 e. The minimum atomic E-state index is -0.424. The molecule has 1 aromatic rings. The number of benzene rings is 1. The topological polar surface area (TPSA) is 38.3 Å². The molecular formula is C17H25NO2. The van der Waals surface area contributed by atoms with E-state index in [2.05, 4.69) is 29.6 Å². The van der Waals surface area contributed by atoms with E-state index in [0.29, 0.717) is 5.92 Å². The molecule has 1 fully saturated rings. The van der Waals surface area contributed by atoms with Gasteiger partial charge in [0.15, 0.2) is 0 Å². The lowest BCUT2D eigenvalue weighted by atomic mass is 9.98. The fourth-order valence-electron chi connectivity index (χ4n) is 2.81. The lowest BCUT2D eigenvalue weighted by Crippen LogP contribution is -2.38. The summed E-state index contributed by atoms with van der Waals surface area (Å²) in [5, 5.41) is 2.99. The summed E-state index contributed by atoms with van der Waals surface area (Å²) in [6.45, 7) is 5.66. The number of ether oxygens (including phenoxy) is 1. The molecule has 0 saturated heterocycles. The van der Waals surface area contributed by atoms with Crippen molar-refractivity contribution in [3.05, 3.63) is 35.9 Å². The Morgan fingerprint density at radius 3 is 2.60 bits per heavy atom. The molecule has 1 aliphatic rings. The van der Waals surface area contributed by atoms with Crippen LogP contribution >= 0.6 is 0 Å². The van der Waals surface area contributed by atoms with Gasteiger partial charge in [-0.2, -0.15) is 0 Å². The third kappa shape index (κ3) is 4.87. The van der Waals surface area contributed by atoms with Crippen LogP contribution < -0.4 is 5.32 Å². The molecule has 1 aromatic carbocycles. The molecule has 1 saturated carbocycles. The number of hydrogen-bond acceptors (Lipinski definition) is 2. The van der Waals surface area contributed by atoms with E-state index in [-0.39, 0.29) is 12.1 Å². The van der Waals surface area contributed by atoms with Crippen LogP contribution in [0, 0.1) is 5.92 Å². The number of alkyl carbamates (subject to hydrolysis) is 1. The third-order valence-electron chi connectivity index (χ3n) is 3.63. The summed E-state index contributed by atoms with van der Waals surface area (Å²) in [5.41, 5.74) is 0.960. The van der Waals surface area contributed by atoms with Crippen LogP contribution in [0.25, 0.3) is 0 Å². The molecule has 0 unspecified atom stereocenters. The maximum atomic E-state index is 11.7. The molecule has 20 heavy (non-hydrogen) atoms. The lowest BCUT2D eigenvalue weighted by molar-refractivity contribution is 0.0504. The van der Waals surface area contributed by atoms with Gasteiger partial charge in [-0.05, 0) is 57.9 Å². The van der Waals surface area contributed by atoms with Gasteiger partial charge >= 0.3 is 6.09 Å². The van der Waals surface area contributed by atoms with Crippen LogP contribution in [0.15, 0.2) is 30.3 Å². The van der Waals surface area contributed by atoms with Gasteiger partial charge in [0.1, 0.15) is 5.60 Å². The SMILES string of the molecule is CC(C)(C)OC(=O)N[C@@H]1CC[C@H](Cc2ccccc2)C1. The van der Waals surface area contributed by atoms with Crippen LogP contribution in [0.5, 0.6) is 0 Å². The van der Waals surface area contributed by atoms with E-state index in [1.54, 1.807) is 0 Å². The minimum Gasteiger partial charge on any atom is -0.444 e. The van der Waals surface area contributed by atoms with E-state index in [1.807, 2.05) is 26.8 Å². The predicted octanol–water partition coefficient (Wildman–Crippen LogP) is 3.92. The van der Waals surface area contributed by atoms with E-state index in [4.69, 9.17) is 4.74 Å². The van der Waals surface area contributed by atoms with Crippen molar-refractivity contribution in [2.45, 2.75) is 58.1 Å². The summed E-state index contributed by atoms with van der Waals surface area (Å²) in [6.07, 6.45) is 4.09. The van der Waals surface area contributed by atoms with Crippen LogP contribution in [0.3, 0.4) is 0 Å². The molecule has 2 atom stereocenters. The highest BCUT2D eigenvalue weighted by atomic mass is 16.6. The Balaban J connectivity index is 1.77. The highest BCUT2D eigenvalue weighted by Gasteiger charge is 2.27. The molecule has 0 heterocycles. The molecule has 110 valence electrons. The van der Waals surface area contributed by atoms with Crippen molar-refractivity contribution in [2.24, 2.45) is 5.92 Å². The zero-order chi connectivity index (χ0) is 14.6. The molecule has 2 rings (SSSR count). The quantitative estimate of drug-likeness (QED) is 0.908. The van der Waals surface area contributed by atoms with Crippen molar-refractivity contribution in [2.75, 3.05) is 0 Å². The van der Waals surface area contributed by atoms with Crippen molar-refractivity contribution < 1.29 is 9.53 Å². The van der Waals surface area contributed by atoms with Gasteiger partial charge in [-0.1, -0.05) is 30.3 Å². The summed E-state index contributed by atoms with van der Waals surface area (Å²) >= 11 is 0. The van der Waals surface area contributed by atoms with E-state index in [1.165, 1.54) is 12.0 Å². The molecule has 1 amide bonds. The summed E-state index contributed by atoms with van der Waals surface area (Å²) in [5.74, 6) is 0.664. The van der Waals surface area contributed by atoms with Gasteiger partial charge in [0.25, 0.3) is 0 Å². The Labute approximate surface area is 121 Å². The van der Waals surface area contributed by atoms with Crippen molar-refractivity contribution in [3.63, 3.8) is 0 Å². The molecule has 3 heteroatoms. The normalized spacial score (nSPS) is 22.6. The number of nitrogens with one attached hydrogen (secondary N) is 1. The average molecular weight is 275 g/mol. The summed E-state index contributed by atoms with van der Waals surface area (Å²) in [7, 11) is 0. The van der Waals surface area contributed by atoms with E-state index >= 15 is 0 Å². The van der Waals surface area contributed by atoms with E-state index < -0.39 is 5.60 Å². The first-order chi connectivity index (χ1) is 9.42. The van der Waals surface area contributed by atoms with Crippen LogP contribution in [-0.2, 0) is 11.2 Å². The zero-order valence-corrected chi connectivity index (χ0v) is 12.7. The zero-order valence-electron chi connectivity index (χ0n) is 12.7. The van der Waals surface area contributed by atoms with Gasteiger partial charge in [0, 0.05) is 6.04 Å². The molecule has 0 aromatic heterocycles. The van der Waals surface area contributed by atoms with Gasteiger partial charge < -0.3 is 10.1 Å². The second-order valence-corrected chi connectivity index (χ2v) is 6.71. The second kappa shape index (κ2) is 6.29. The Kier molecular flexibility index (Phi) is 4.69. The van der Waals surface area contributed by atoms with Crippen molar-refractivity contribution in [3.8, 4) is 0 Å². The average Bonchev–Trinajstić information content (AvgIpc) is 2.75. The summed E-state index contributed by atoms with van der Waals surface area (Å²) in [4.78, 5) is 11.7. The number of amides is 1. The first kappa shape index (κ1) is 14.9. The smallest absolute Gasteiger partial charge is 0.407 e.